The lowest BCUT2D eigenvalue weighted by Gasteiger charge is -2.12. The molecular weight excluding hydrogens is 100 g/mol. The first-order chi connectivity index (χ1) is 3.68. The lowest BCUT2D eigenvalue weighted by atomic mass is 10.00. The van der Waals surface area contributed by atoms with Crippen LogP contribution in [0.2, 0.25) is 0 Å². The normalized spacial score (nSPS) is 14.6. The van der Waals surface area contributed by atoms with Crippen LogP contribution in [0.15, 0.2) is 0 Å². The van der Waals surface area contributed by atoms with Gasteiger partial charge in [0.25, 0.3) is 0 Å². The predicted molar refractivity (Wildman–Crippen MR) is 35.3 cm³/mol. The van der Waals surface area contributed by atoms with E-state index in [2.05, 4.69) is 27.9 Å². The van der Waals surface area contributed by atoms with E-state index in [0.717, 1.165) is 6.61 Å². The van der Waals surface area contributed by atoms with E-state index in [1.165, 1.54) is 0 Å². The maximum absolute atomic E-state index is 4.71. The zero-order valence-electron chi connectivity index (χ0n) is 5.98. The summed E-state index contributed by atoms with van der Waals surface area (Å²) in [5, 5.41) is 0. The second-order valence-electron chi connectivity index (χ2n) is 2.59. The van der Waals surface area contributed by atoms with Crippen LogP contribution in [0.4, 0.5) is 0 Å². The number of hydrogen-bond donors (Lipinski definition) is 0. The Balaban J connectivity index is 3.17. The van der Waals surface area contributed by atoms with Crippen LogP contribution in [-0.4, -0.2) is 6.61 Å². The molecule has 49 valence electrons. The van der Waals surface area contributed by atoms with E-state index in [-0.39, 0.29) is 0 Å². The van der Waals surface area contributed by atoms with Crippen molar-refractivity contribution in [3.63, 3.8) is 0 Å². The summed E-state index contributed by atoms with van der Waals surface area (Å²) in [5.74, 6) is 1.34. The third kappa shape index (κ3) is 3.03. The minimum atomic E-state index is 0.632. The first-order valence-corrected chi connectivity index (χ1v) is 3.05. The van der Waals surface area contributed by atoms with Crippen molar-refractivity contribution >= 4 is 0 Å². The van der Waals surface area contributed by atoms with Crippen LogP contribution in [0, 0.1) is 18.9 Å². The molecule has 0 aliphatic rings. The van der Waals surface area contributed by atoms with Crippen LogP contribution in [-0.2, 0) is 4.74 Å². The number of ether oxygens (including phenoxy) is 1. The van der Waals surface area contributed by atoms with Gasteiger partial charge in [-0.3, -0.25) is 0 Å². The van der Waals surface area contributed by atoms with E-state index in [4.69, 9.17) is 4.74 Å². The van der Waals surface area contributed by atoms with Gasteiger partial charge in [0, 0.05) is 6.61 Å². The van der Waals surface area contributed by atoms with Crippen molar-refractivity contribution in [2.75, 3.05) is 6.61 Å². The Morgan fingerprint density at radius 3 is 2.00 bits per heavy atom. The van der Waals surface area contributed by atoms with E-state index < -0.39 is 0 Å². The molecule has 0 aromatic heterocycles. The van der Waals surface area contributed by atoms with Crippen molar-refractivity contribution in [1.29, 1.82) is 0 Å². The van der Waals surface area contributed by atoms with Crippen LogP contribution in [0.1, 0.15) is 20.8 Å². The molecule has 0 amide bonds. The Morgan fingerprint density at radius 1 is 1.38 bits per heavy atom. The van der Waals surface area contributed by atoms with E-state index in [0.29, 0.717) is 11.8 Å². The van der Waals surface area contributed by atoms with Gasteiger partial charge in [0.1, 0.15) is 0 Å². The molecule has 0 rings (SSSR count). The fourth-order valence-corrected chi connectivity index (χ4v) is 0.378. The Labute approximate surface area is 52.0 Å². The van der Waals surface area contributed by atoms with Gasteiger partial charge in [0.05, 0.1) is 7.11 Å². The fraction of sp³-hybridized carbons (Fsp3) is 0.857. The molecule has 1 nitrogen and oxygen atoms in total. The lowest BCUT2D eigenvalue weighted by Crippen LogP contribution is -2.09. The van der Waals surface area contributed by atoms with Crippen LogP contribution < -0.4 is 0 Å². The van der Waals surface area contributed by atoms with Gasteiger partial charge in [-0.15, -0.1) is 0 Å². The first kappa shape index (κ1) is 7.96. The second-order valence-corrected chi connectivity index (χ2v) is 2.59. The maximum Gasteiger partial charge on any atom is 0.0700 e. The Morgan fingerprint density at radius 2 is 1.88 bits per heavy atom. The molecule has 0 aliphatic carbocycles. The smallest absolute Gasteiger partial charge is 0.0700 e. The molecule has 0 N–H and O–H groups in total. The maximum atomic E-state index is 4.71. The van der Waals surface area contributed by atoms with Crippen molar-refractivity contribution in [2.45, 2.75) is 20.8 Å². The van der Waals surface area contributed by atoms with Gasteiger partial charge in [0.2, 0.25) is 0 Å². The summed E-state index contributed by atoms with van der Waals surface area (Å²) in [6.07, 6.45) is 0. The Hall–Kier alpha value is -0.0400. The standard InChI is InChI=1S/C7H15O/c1-6(2)7(3)5-8-4/h6-7H,4-5H2,1-3H3. The van der Waals surface area contributed by atoms with E-state index >= 15 is 0 Å². The van der Waals surface area contributed by atoms with Crippen LogP contribution in [0.3, 0.4) is 0 Å². The number of rotatable bonds is 3. The summed E-state index contributed by atoms with van der Waals surface area (Å²) < 4.78 is 4.71. The van der Waals surface area contributed by atoms with Gasteiger partial charge in [-0.05, 0) is 11.8 Å². The minimum Gasteiger partial charge on any atom is -0.379 e. The van der Waals surface area contributed by atoms with Crippen molar-refractivity contribution in [3.05, 3.63) is 7.11 Å². The SMILES string of the molecule is [CH2]OCC(C)C(C)C. The number of hydrogen-bond acceptors (Lipinski definition) is 1. The molecule has 0 heterocycles. The summed E-state index contributed by atoms with van der Waals surface area (Å²) in [5.41, 5.74) is 0. The third-order valence-corrected chi connectivity index (χ3v) is 1.52. The average Bonchev–Trinajstić information content (AvgIpc) is 1.67. The average molecular weight is 115 g/mol. The summed E-state index contributed by atoms with van der Waals surface area (Å²) in [7, 11) is 3.31. The summed E-state index contributed by atoms with van der Waals surface area (Å²) in [4.78, 5) is 0. The molecule has 0 saturated carbocycles. The van der Waals surface area contributed by atoms with E-state index in [1.54, 1.807) is 0 Å². The zero-order valence-corrected chi connectivity index (χ0v) is 5.98. The van der Waals surface area contributed by atoms with Crippen LogP contribution >= 0.6 is 0 Å². The summed E-state index contributed by atoms with van der Waals surface area (Å²) >= 11 is 0. The molecule has 1 radical (unpaired) electrons. The molecule has 1 heteroatoms. The lowest BCUT2D eigenvalue weighted by molar-refractivity contribution is 0.170. The quantitative estimate of drug-likeness (QED) is 0.547. The summed E-state index contributed by atoms with van der Waals surface area (Å²) in [6, 6.07) is 0. The second kappa shape index (κ2) is 3.90. The fourth-order valence-electron chi connectivity index (χ4n) is 0.378. The Kier molecular flexibility index (Phi) is 3.88. The first-order valence-electron chi connectivity index (χ1n) is 3.05. The van der Waals surface area contributed by atoms with Crippen molar-refractivity contribution in [2.24, 2.45) is 11.8 Å². The molecular formula is C7H15O. The Bertz CT molecular complexity index is 50.3. The predicted octanol–water partition coefficient (Wildman–Crippen LogP) is 2.09. The minimum absolute atomic E-state index is 0.632. The van der Waals surface area contributed by atoms with Crippen molar-refractivity contribution in [1.82, 2.24) is 0 Å². The molecule has 0 fully saturated rings. The highest BCUT2D eigenvalue weighted by Crippen LogP contribution is 2.08. The van der Waals surface area contributed by atoms with Gasteiger partial charge in [-0.2, -0.15) is 0 Å². The van der Waals surface area contributed by atoms with Gasteiger partial charge < -0.3 is 4.74 Å². The molecule has 0 aromatic carbocycles. The van der Waals surface area contributed by atoms with Gasteiger partial charge >= 0.3 is 0 Å². The van der Waals surface area contributed by atoms with Crippen molar-refractivity contribution < 1.29 is 4.74 Å². The molecule has 1 unspecified atom stereocenters. The molecule has 0 spiro atoms. The van der Waals surface area contributed by atoms with Crippen LogP contribution in [0.25, 0.3) is 0 Å². The molecule has 1 atom stereocenters. The van der Waals surface area contributed by atoms with Gasteiger partial charge in [-0.1, -0.05) is 20.8 Å². The molecule has 0 saturated heterocycles. The van der Waals surface area contributed by atoms with E-state index in [9.17, 15) is 0 Å². The van der Waals surface area contributed by atoms with Crippen molar-refractivity contribution in [3.8, 4) is 0 Å². The van der Waals surface area contributed by atoms with E-state index in [1.807, 2.05) is 0 Å². The highest BCUT2D eigenvalue weighted by atomic mass is 16.5. The highest BCUT2D eigenvalue weighted by molar-refractivity contribution is 4.54. The topological polar surface area (TPSA) is 9.23 Å². The third-order valence-electron chi connectivity index (χ3n) is 1.52. The largest absolute Gasteiger partial charge is 0.379 e. The van der Waals surface area contributed by atoms with Crippen LogP contribution in [0.5, 0.6) is 0 Å². The molecule has 0 bridgehead atoms. The molecule has 0 aliphatic heterocycles. The van der Waals surface area contributed by atoms with Gasteiger partial charge in [-0.25, -0.2) is 0 Å². The molecule has 8 heavy (non-hydrogen) atoms. The van der Waals surface area contributed by atoms with Gasteiger partial charge in [0.15, 0.2) is 0 Å². The monoisotopic (exact) mass is 115 g/mol. The zero-order chi connectivity index (χ0) is 6.57. The molecule has 0 aromatic rings. The highest BCUT2D eigenvalue weighted by Gasteiger charge is 2.04. The summed E-state index contributed by atoms with van der Waals surface area (Å²) in [6.45, 7) is 7.31.